The first kappa shape index (κ1) is 12.6. The van der Waals surface area contributed by atoms with E-state index in [9.17, 15) is 9.59 Å². The van der Waals surface area contributed by atoms with Crippen LogP contribution in [0.3, 0.4) is 0 Å². The van der Waals surface area contributed by atoms with Crippen LogP contribution in [-0.4, -0.2) is 28.2 Å². The smallest absolute Gasteiger partial charge is 0.332 e. The lowest BCUT2D eigenvalue weighted by molar-refractivity contribution is -0.145. The second-order valence-electron chi connectivity index (χ2n) is 1.83. The van der Waals surface area contributed by atoms with Crippen molar-refractivity contribution in [2.75, 3.05) is 0 Å². The van der Waals surface area contributed by atoms with Crippen molar-refractivity contribution >= 4 is 11.9 Å². The highest BCUT2D eigenvalue weighted by molar-refractivity contribution is 5.73. The van der Waals surface area contributed by atoms with E-state index in [-0.39, 0.29) is 5.91 Å². The number of carboxylic acid groups (broad SMARTS) is 1. The lowest BCUT2D eigenvalue weighted by Gasteiger charge is -1.89. The predicted octanol–water partition coefficient (Wildman–Crippen LogP) is -0.667. The molecule has 0 spiro atoms. The van der Waals surface area contributed by atoms with E-state index in [1.807, 2.05) is 0 Å². The normalized spacial score (nSPS) is 10.8. The summed E-state index contributed by atoms with van der Waals surface area (Å²) in [6.07, 6.45) is -0.787. The minimum atomic E-state index is -1.23. The minimum Gasteiger partial charge on any atom is -0.479 e. The largest absolute Gasteiger partial charge is 0.479 e. The fraction of sp³-hybridized carbons (Fsp3) is 0.667. The Kier molecular flexibility index (Phi) is 8.01. The highest BCUT2D eigenvalue weighted by atomic mass is 16.4. The van der Waals surface area contributed by atoms with Gasteiger partial charge in [-0.05, 0) is 6.92 Å². The summed E-state index contributed by atoms with van der Waals surface area (Å²) in [6.45, 7) is 2.92. The second kappa shape index (κ2) is 7.01. The molecule has 0 aromatic heterocycles. The second-order valence-corrected chi connectivity index (χ2v) is 1.83. The average Bonchev–Trinajstić information content (AvgIpc) is 1.89. The fourth-order valence-electron chi connectivity index (χ4n) is 0. The number of nitrogens with two attached hydrogens (primary N) is 1. The zero-order valence-corrected chi connectivity index (χ0v) is 6.57. The number of amides is 1. The molecule has 0 aliphatic heterocycles. The van der Waals surface area contributed by atoms with Gasteiger partial charge in [-0.2, -0.15) is 0 Å². The molecule has 0 radical (unpaired) electrons. The van der Waals surface area contributed by atoms with Gasteiger partial charge in [0.1, 0.15) is 6.10 Å². The molecule has 0 aromatic rings. The highest BCUT2D eigenvalue weighted by Gasteiger charge is 2.01. The molecule has 0 aliphatic rings. The number of aliphatic hydroxyl groups excluding tert-OH is 1. The summed E-state index contributed by atoms with van der Waals surface area (Å²) < 4.78 is 0. The quantitative estimate of drug-likeness (QED) is 0.502. The number of carboxylic acids is 1. The predicted molar refractivity (Wildman–Crippen MR) is 38.8 cm³/mol. The molecule has 5 nitrogen and oxygen atoms in total. The van der Waals surface area contributed by atoms with Gasteiger partial charge in [-0.1, -0.05) is 6.92 Å². The average molecular weight is 163 g/mol. The standard InChI is InChI=1S/C3H7NO.C3H6O3/c1-2-3(4)5;1-2(4)3(5)6/h2H2,1H3,(H2,4,5);2,4H,1H3,(H,5,6). The topological polar surface area (TPSA) is 101 Å². The molecule has 0 saturated heterocycles. The molecule has 0 rings (SSSR count). The molecule has 11 heavy (non-hydrogen) atoms. The molecule has 5 heteroatoms. The maximum Gasteiger partial charge on any atom is 0.332 e. The van der Waals surface area contributed by atoms with Crippen molar-refractivity contribution < 1.29 is 19.8 Å². The Morgan fingerprint density at radius 1 is 1.55 bits per heavy atom. The Hall–Kier alpha value is -1.10. The highest BCUT2D eigenvalue weighted by Crippen LogP contribution is 1.73. The number of hydrogen-bond acceptors (Lipinski definition) is 3. The first-order valence-corrected chi connectivity index (χ1v) is 3.11. The molecule has 1 amide bonds. The van der Waals surface area contributed by atoms with Gasteiger partial charge < -0.3 is 15.9 Å². The number of primary amides is 1. The van der Waals surface area contributed by atoms with Gasteiger partial charge in [0.25, 0.3) is 0 Å². The van der Waals surface area contributed by atoms with Gasteiger partial charge in [-0.3, -0.25) is 4.79 Å². The van der Waals surface area contributed by atoms with E-state index in [4.69, 9.17) is 10.2 Å². The maximum absolute atomic E-state index is 9.59. The maximum atomic E-state index is 9.59. The van der Waals surface area contributed by atoms with E-state index < -0.39 is 12.1 Å². The third-order valence-corrected chi connectivity index (χ3v) is 0.706. The lowest BCUT2D eigenvalue weighted by atomic mass is 10.4. The van der Waals surface area contributed by atoms with Crippen molar-refractivity contribution in [3.63, 3.8) is 0 Å². The molecular formula is C6H13NO4. The van der Waals surface area contributed by atoms with Crippen LogP contribution in [0.5, 0.6) is 0 Å². The van der Waals surface area contributed by atoms with Crippen LogP contribution in [0.25, 0.3) is 0 Å². The molecule has 0 saturated carbocycles. The van der Waals surface area contributed by atoms with Gasteiger partial charge in [0, 0.05) is 6.42 Å². The van der Waals surface area contributed by atoms with E-state index in [1.54, 1.807) is 6.92 Å². The number of aliphatic hydroxyl groups is 1. The third kappa shape index (κ3) is 17.6. The van der Waals surface area contributed by atoms with Crippen LogP contribution in [-0.2, 0) is 9.59 Å². The van der Waals surface area contributed by atoms with Crippen molar-refractivity contribution in [3.8, 4) is 0 Å². The summed E-state index contributed by atoms with van der Waals surface area (Å²) in [4.78, 5) is 19.0. The van der Waals surface area contributed by atoms with Gasteiger partial charge in [0.05, 0.1) is 0 Å². The molecule has 0 aromatic carbocycles. The first-order chi connectivity index (χ1) is 4.91. The summed E-state index contributed by atoms with van der Waals surface area (Å²) >= 11 is 0. The lowest BCUT2D eigenvalue weighted by Crippen LogP contribution is -2.13. The Morgan fingerprint density at radius 2 is 1.73 bits per heavy atom. The van der Waals surface area contributed by atoms with E-state index in [0.717, 1.165) is 0 Å². The molecule has 66 valence electrons. The van der Waals surface area contributed by atoms with E-state index in [0.29, 0.717) is 6.42 Å². The third-order valence-electron chi connectivity index (χ3n) is 0.706. The van der Waals surface area contributed by atoms with Crippen LogP contribution in [0.15, 0.2) is 0 Å². The van der Waals surface area contributed by atoms with Gasteiger partial charge in [0.15, 0.2) is 0 Å². The van der Waals surface area contributed by atoms with E-state index >= 15 is 0 Å². The number of aliphatic carboxylic acids is 1. The van der Waals surface area contributed by atoms with Crippen LogP contribution in [0, 0.1) is 0 Å². The summed E-state index contributed by atoms with van der Waals surface area (Å²) in [7, 11) is 0. The van der Waals surface area contributed by atoms with E-state index in [2.05, 4.69) is 5.73 Å². The van der Waals surface area contributed by atoms with Crippen molar-refractivity contribution in [2.24, 2.45) is 5.73 Å². The summed E-state index contributed by atoms with van der Waals surface area (Å²) in [5.74, 6) is -1.43. The van der Waals surface area contributed by atoms with E-state index in [1.165, 1.54) is 6.92 Å². The van der Waals surface area contributed by atoms with Gasteiger partial charge >= 0.3 is 5.97 Å². The van der Waals surface area contributed by atoms with Crippen LogP contribution >= 0.6 is 0 Å². The molecule has 0 aliphatic carbocycles. The van der Waals surface area contributed by atoms with Crippen LogP contribution in [0.1, 0.15) is 20.3 Å². The monoisotopic (exact) mass is 163 g/mol. The van der Waals surface area contributed by atoms with Crippen LogP contribution in [0.2, 0.25) is 0 Å². The number of rotatable bonds is 2. The Bertz CT molecular complexity index is 133. The summed E-state index contributed by atoms with van der Waals surface area (Å²) in [5.41, 5.74) is 4.65. The molecule has 4 N–H and O–H groups in total. The van der Waals surface area contributed by atoms with Crippen molar-refractivity contribution in [3.05, 3.63) is 0 Å². The molecule has 0 heterocycles. The minimum absolute atomic E-state index is 0.245. The summed E-state index contributed by atoms with van der Waals surface area (Å²) in [5, 5.41) is 15.8. The molecular weight excluding hydrogens is 150 g/mol. The SMILES string of the molecule is CC(O)C(=O)O.CCC(N)=O. The first-order valence-electron chi connectivity index (χ1n) is 3.11. The van der Waals surface area contributed by atoms with Crippen LogP contribution < -0.4 is 5.73 Å². The van der Waals surface area contributed by atoms with Crippen molar-refractivity contribution in [1.82, 2.24) is 0 Å². The van der Waals surface area contributed by atoms with Crippen molar-refractivity contribution in [1.29, 1.82) is 0 Å². The van der Waals surface area contributed by atoms with Gasteiger partial charge in [0.2, 0.25) is 5.91 Å². The Labute approximate surface area is 64.8 Å². The van der Waals surface area contributed by atoms with Crippen molar-refractivity contribution in [2.45, 2.75) is 26.4 Å². The zero-order valence-electron chi connectivity index (χ0n) is 6.57. The number of carbonyl (C=O) groups excluding carboxylic acids is 1. The van der Waals surface area contributed by atoms with Gasteiger partial charge in [-0.15, -0.1) is 0 Å². The number of carbonyl (C=O) groups is 2. The van der Waals surface area contributed by atoms with Gasteiger partial charge in [-0.25, -0.2) is 4.79 Å². The molecule has 0 fully saturated rings. The van der Waals surface area contributed by atoms with Crippen LogP contribution in [0.4, 0.5) is 0 Å². The Morgan fingerprint density at radius 3 is 1.73 bits per heavy atom. The molecule has 1 unspecified atom stereocenters. The Balaban J connectivity index is 0. The fourth-order valence-corrected chi connectivity index (χ4v) is 0. The zero-order chi connectivity index (χ0) is 9.44. The summed E-state index contributed by atoms with van der Waals surface area (Å²) in [6, 6.07) is 0. The number of hydrogen-bond donors (Lipinski definition) is 3. The molecule has 0 bridgehead atoms. The molecule has 1 atom stereocenters.